The maximum atomic E-state index is 11.2. The van der Waals surface area contributed by atoms with Crippen LogP contribution < -0.4 is 5.56 Å². The van der Waals surface area contributed by atoms with E-state index in [4.69, 9.17) is 16.7 Å². The maximum Gasteiger partial charge on any atom is 0.254 e. The number of pyridine rings is 1. The lowest BCUT2D eigenvalue weighted by Gasteiger charge is -2.08. The first-order chi connectivity index (χ1) is 5.57. The van der Waals surface area contributed by atoms with Crippen molar-refractivity contribution in [2.24, 2.45) is 0 Å². The molecule has 3 nitrogen and oxygen atoms in total. The molecule has 1 aromatic rings. The molecule has 0 aliphatic carbocycles. The zero-order valence-electron chi connectivity index (χ0n) is 6.97. The highest BCUT2D eigenvalue weighted by atomic mass is 35.5. The predicted molar refractivity (Wildman–Crippen MR) is 47.8 cm³/mol. The summed E-state index contributed by atoms with van der Waals surface area (Å²) < 4.78 is 1.50. The molecule has 1 aromatic heterocycles. The standard InChI is InChI=1S/C8H10ClNO2/c1-3-10-5(2)8(9)6(11)4-7(10)12/h4,11H,3H2,1-2H3. The Morgan fingerprint density at radius 3 is 2.75 bits per heavy atom. The van der Waals surface area contributed by atoms with Crippen molar-refractivity contribution in [3.63, 3.8) is 0 Å². The minimum atomic E-state index is -0.225. The third-order valence-corrected chi connectivity index (χ3v) is 2.26. The van der Waals surface area contributed by atoms with Crippen molar-refractivity contribution in [3.05, 3.63) is 27.1 Å². The van der Waals surface area contributed by atoms with E-state index in [0.717, 1.165) is 6.07 Å². The van der Waals surface area contributed by atoms with Crippen LogP contribution in [-0.4, -0.2) is 9.67 Å². The first-order valence-electron chi connectivity index (χ1n) is 3.66. The van der Waals surface area contributed by atoms with Crippen LogP contribution in [0.3, 0.4) is 0 Å². The molecule has 0 aliphatic heterocycles. The van der Waals surface area contributed by atoms with Gasteiger partial charge in [0.05, 0.1) is 0 Å². The number of hydrogen-bond acceptors (Lipinski definition) is 2. The van der Waals surface area contributed by atoms with E-state index >= 15 is 0 Å². The van der Waals surface area contributed by atoms with Crippen LogP contribution in [0.5, 0.6) is 5.75 Å². The van der Waals surface area contributed by atoms with Gasteiger partial charge < -0.3 is 9.67 Å². The van der Waals surface area contributed by atoms with Crippen molar-refractivity contribution in [1.29, 1.82) is 0 Å². The maximum absolute atomic E-state index is 11.2. The number of aromatic hydroxyl groups is 1. The van der Waals surface area contributed by atoms with Crippen LogP contribution >= 0.6 is 11.6 Å². The molecule has 1 N–H and O–H groups in total. The zero-order valence-corrected chi connectivity index (χ0v) is 7.72. The Bertz CT molecular complexity index is 357. The van der Waals surface area contributed by atoms with Gasteiger partial charge in [0.25, 0.3) is 5.56 Å². The second-order valence-corrected chi connectivity index (χ2v) is 2.89. The molecule has 0 spiro atoms. The predicted octanol–water partition coefficient (Wildman–Crippen LogP) is 1.54. The molecule has 0 saturated carbocycles. The second kappa shape index (κ2) is 3.19. The van der Waals surface area contributed by atoms with Gasteiger partial charge >= 0.3 is 0 Å². The molecular weight excluding hydrogens is 178 g/mol. The summed E-state index contributed by atoms with van der Waals surface area (Å²) in [6, 6.07) is 1.12. The first-order valence-corrected chi connectivity index (χ1v) is 4.04. The van der Waals surface area contributed by atoms with Crippen LogP contribution in [0.2, 0.25) is 5.02 Å². The number of hydrogen-bond donors (Lipinski definition) is 1. The Balaban J connectivity index is 3.52. The summed E-state index contributed by atoms with van der Waals surface area (Å²) in [5.74, 6) is -0.149. The fraction of sp³-hybridized carbons (Fsp3) is 0.375. The Morgan fingerprint density at radius 1 is 1.67 bits per heavy atom. The average molecular weight is 188 g/mol. The summed E-state index contributed by atoms with van der Waals surface area (Å²) >= 11 is 5.72. The van der Waals surface area contributed by atoms with Gasteiger partial charge in [-0.2, -0.15) is 0 Å². The Morgan fingerprint density at radius 2 is 2.25 bits per heavy atom. The summed E-state index contributed by atoms with van der Waals surface area (Å²) in [6.07, 6.45) is 0. The van der Waals surface area contributed by atoms with Crippen molar-refractivity contribution in [2.75, 3.05) is 0 Å². The number of rotatable bonds is 1. The second-order valence-electron chi connectivity index (χ2n) is 2.51. The normalized spacial score (nSPS) is 10.2. The molecule has 0 saturated heterocycles. The van der Waals surface area contributed by atoms with E-state index < -0.39 is 0 Å². The molecule has 0 amide bonds. The van der Waals surface area contributed by atoms with Crippen LogP contribution in [-0.2, 0) is 6.54 Å². The molecule has 0 bridgehead atoms. The Labute approximate surface area is 75.2 Å². The van der Waals surface area contributed by atoms with E-state index in [-0.39, 0.29) is 16.3 Å². The van der Waals surface area contributed by atoms with Gasteiger partial charge in [0.2, 0.25) is 0 Å². The SMILES string of the molecule is CCn1c(C)c(Cl)c(O)cc1=O. The molecule has 1 heterocycles. The van der Waals surface area contributed by atoms with Crippen molar-refractivity contribution in [1.82, 2.24) is 4.57 Å². The smallest absolute Gasteiger partial charge is 0.254 e. The summed E-state index contributed by atoms with van der Waals surface area (Å²) in [7, 11) is 0. The summed E-state index contributed by atoms with van der Waals surface area (Å²) in [6.45, 7) is 4.11. The van der Waals surface area contributed by atoms with Crippen molar-refractivity contribution in [3.8, 4) is 5.75 Å². The van der Waals surface area contributed by atoms with Gasteiger partial charge in [-0.15, -0.1) is 0 Å². The molecule has 4 heteroatoms. The van der Waals surface area contributed by atoms with Crippen molar-refractivity contribution < 1.29 is 5.11 Å². The van der Waals surface area contributed by atoms with E-state index in [1.165, 1.54) is 4.57 Å². The van der Waals surface area contributed by atoms with Crippen molar-refractivity contribution >= 4 is 11.6 Å². The van der Waals surface area contributed by atoms with Crippen LogP contribution in [0.15, 0.2) is 10.9 Å². The fourth-order valence-corrected chi connectivity index (χ4v) is 1.28. The minimum Gasteiger partial charge on any atom is -0.506 e. The van der Waals surface area contributed by atoms with Gasteiger partial charge in [-0.05, 0) is 13.8 Å². The summed E-state index contributed by atoms with van der Waals surface area (Å²) in [5.41, 5.74) is 0.376. The third-order valence-electron chi connectivity index (χ3n) is 1.79. The molecule has 0 aliphatic rings. The van der Waals surface area contributed by atoms with Gasteiger partial charge in [-0.3, -0.25) is 4.79 Å². The average Bonchev–Trinajstić information content (AvgIpc) is 2.01. The number of nitrogens with zero attached hydrogens (tertiary/aromatic N) is 1. The minimum absolute atomic E-state index is 0.149. The zero-order chi connectivity index (χ0) is 9.30. The Hall–Kier alpha value is -0.960. The summed E-state index contributed by atoms with van der Waals surface area (Å²) in [5, 5.41) is 9.40. The molecule has 0 atom stereocenters. The van der Waals surface area contributed by atoms with Gasteiger partial charge in [0.15, 0.2) is 0 Å². The van der Waals surface area contributed by atoms with E-state index in [0.29, 0.717) is 12.2 Å². The van der Waals surface area contributed by atoms with Gasteiger partial charge in [-0.1, -0.05) is 11.6 Å². The Kier molecular flexibility index (Phi) is 2.43. The first kappa shape index (κ1) is 9.13. The number of aromatic nitrogens is 1. The molecule has 12 heavy (non-hydrogen) atoms. The van der Waals surface area contributed by atoms with E-state index in [1.54, 1.807) is 6.92 Å². The molecule has 0 aromatic carbocycles. The van der Waals surface area contributed by atoms with E-state index in [9.17, 15) is 4.79 Å². The lowest BCUT2D eigenvalue weighted by Crippen LogP contribution is -2.20. The van der Waals surface area contributed by atoms with Gasteiger partial charge in [0, 0.05) is 18.3 Å². The third kappa shape index (κ3) is 1.32. The lowest BCUT2D eigenvalue weighted by molar-refractivity contribution is 0.470. The topological polar surface area (TPSA) is 42.2 Å². The monoisotopic (exact) mass is 187 g/mol. The van der Waals surface area contributed by atoms with Crippen LogP contribution in [0.4, 0.5) is 0 Å². The quantitative estimate of drug-likeness (QED) is 0.725. The summed E-state index contributed by atoms with van der Waals surface area (Å²) in [4.78, 5) is 11.2. The molecule has 0 radical (unpaired) electrons. The molecular formula is C8H10ClNO2. The molecule has 0 fully saturated rings. The van der Waals surface area contributed by atoms with E-state index in [1.807, 2.05) is 6.92 Å². The molecule has 1 rings (SSSR count). The van der Waals surface area contributed by atoms with Crippen LogP contribution in [0, 0.1) is 6.92 Å². The highest BCUT2D eigenvalue weighted by molar-refractivity contribution is 6.32. The lowest BCUT2D eigenvalue weighted by atomic mass is 10.3. The number of halogens is 1. The van der Waals surface area contributed by atoms with Crippen LogP contribution in [0.25, 0.3) is 0 Å². The highest BCUT2D eigenvalue weighted by Crippen LogP contribution is 2.23. The van der Waals surface area contributed by atoms with Gasteiger partial charge in [0.1, 0.15) is 10.8 Å². The van der Waals surface area contributed by atoms with E-state index in [2.05, 4.69) is 0 Å². The van der Waals surface area contributed by atoms with Crippen LogP contribution in [0.1, 0.15) is 12.6 Å². The van der Waals surface area contributed by atoms with Gasteiger partial charge in [-0.25, -0.2) is 0 Å². The highest BCUT2D eigenvalue weighted by Gasteiger charge is 2.07. The largest absolute Gasteiger partial charge is 0.506 e. The molecule has 0 unspecified atom stereocenters. The fourth-order valence-electron chi connectivity index (χ4n) is 1.12. The molecule has 66 valence electrons. The van der Waals surface area contributed by atoms with Crippen molar-refractivity contribution in [2.45, 2.75) is 20.4 Å².